The van der Waals surface area contributed by atoms with Crippen LogP contribution in [0.3, 0.4) is 0 Å². The van der Waals surface area contributed by atoms with E-state index in [1.54, 1.807) is 0 Å². The van der Waals surface area contributed by atoms with E-state index in [2.05, 4.69) is 26.3 Å². The fourth-order valence-corrected chi connectivity index (χ4v) is 3.76. The molecule has 2 aromatic heterocycles. The van der Waals surface area contributed by atoms with Crippen molar-refractivity contribution in [2.75, 3.05) is 25.0 Å². The highest BCUT2D eigenvalue weighted by Gasteiger charge is 2.22. The number of aryl methyl sites for hydroxylation is 2. The number of hydrogen-bond acceptors (Lipinski definition) is 5. The molecule has 0 atom stereocenters. The summed E-state index contributed by atoms with van der Waals surface area (Å²) in [6.45, 7) is 6.32. The summed E-state index contributed by atoms with van der Waals surface area (Å²) in [4.78, 5) is 24.1. The Morgan fingerprint density at radius 1 is 1.39 bits per heavy atom. The first-order valence-corrected chi connectivity index (χ1v) is 8.79. The zero-order chi connectivity index (χ0) is 16.2. The second-order valence-electron chi connectivity index (χ2n) is 6.05. The van der Waals surface area contributed by atoms with Crippen LogP contribution in [0.1, 0.15) is 34.9 Å². The van der Waals surface area contributed by atoms with Crippen molar-refractivity contribution >= 4 is 22.4 Å². The summed E-state index contributed by atoms with van der Waals surface area (Å²) in [5, 5.41) is 3.61. The van der Waals surface area contributed by atoms with Crippen LogP contribution in [0.5, 0.6) is 0 Å². The summed E-state index contributed by atoms with van der Waals surface area (Å²) in [6, 6.07) is 4.14. The molecule has 2 aromatic rings. The van der Waals surface area contributed by atoms with Crippen LogP contribution < -0.4 is 5.32 Å². The first kappa shape index (κ1) is 16.1. The molecule has 0 bridgehead atoms. The highest BCUT2D eigenvalue weighted by atomic mass is 32.1. The fraction of sp³-hybridized carbons (Fsp3) is 0.471. The number of pyridine rings is 1. The van der Waals surface area contributed by atoms with E-state index >= 15 is 0 Å². The maximum absolute atomic E-state index is 12.2. The van der Waals surface area contributed by atoms with Gasteiger partial charge in [0.05, 0.1) is 12.2 Å². The Kier molecular flexibility index (Phi) is 5.03. The van der Waals surface area contributed by atoms with Crippen LogP contribution in [0.15, 0.2) is 24.5 Å². The Balaban J connectivity index is 1.47. The van der Waals surface area contributed by atoms with Crippen molar-refractivity contribution in [2.45, 2.75) is 32.6 Å². The van der Waals surface area contributed by atoms with Crippen LogP contribution in [-0.2, 0) is 4.79 Å². The maximum Gasteiger partial charge on any atom is 0.240 e. The van der Waals surface area contributed by atoms with E-state index in [9.17, 15) is 4.79 Å². The lowest BCUT2D eigenvalue weighted by molar-refractivity contribution is -0.117. The molecule has 0 aliphatic carbocycles. The van der Waals surface area contributed by atoms with Gasteiger partial charge in [-0.15, -0.1) is 11.3 Å². The quantitative estimate of drug-likeness (QED) is 0.936. The maximum atomic E-state index is 12.2. The largest absolute Gasteiger partial charge is 0.301 e. The summed E-state index contributed by atoms with van der Waals surface area (Å²) in [7, 11) is 0. The number of rotatable bonds is 4. The summed E-state index contributed by atoms with van der Waals surface area (Å²) < 4.78 is 0. The molecule has 6 heteroatoms. The van der Waals surface area contributed by atoms with E-state index in [0.29, 0.717) is 17.6 Å². The molecule has 1 aliphatic rings. The van der Waals surface area contributed by atoms with Gasteiger partial charge < -0.3 is 5.32 Å². The molecule has 1 fully saturated rings. The van der Waals surface area contributed by atoms with Gasteiger partial charge in [0, 0.05) is 17.3 Å². The van der Waals surface area contributed by atoms with E-state index in [4.69, 9.17) is 0 Å². The third-order valence-corrected chi connectivity index (χ3v) is 5.37. The molecular weight excluding hydrogens is 308 g/mol. The number of anilines is 1. The van der Waals surface area contributed by atoms with Crippen molar-refractivity contribution in [3.05, 3.63) is 40.7 Å². The van der Waals surface area contributed by atoms with Gasteiger partial charge in [0.25, 0.3) is 0 Å². The predicted molar refractivity (Wildman–Crippen MR) is 92.9 cm³/mol. The number of nitrogens with one attached hydrogen (secondary N) is 1. The van der Waals surface area contributed by atoms with Gasteiger partial charge in [-0.05, 0) is 57.3 Å². The highest BCUT2D eigenvalue weighted by Crippen LogP contribution is 2.27. The van der Waals surface area contributed by atoms with Crippen molar-refractivity contribution in [3.63, 3.8) is 0 Å². The average molecular weight is 330 g/mol. The standard InChI is InChI=1S/C17H22N4OS/c1-12-13(2)23-17(19-12)20-16(22)11-21-8-5-14(6-9-21)15-4-3-7-18-10-15/h3-4,7,10,14H,5-6,8-9,11H2,1-2H3,(H,19,20,22). The summed E-state index contributed by atoms with van der Waals surface area (Å²) >= 11 is 1.53. The zero-order valence-corrected chi connectivity index (χ0v) is 14.4. The van der Waals surface area contributed by atoms with E-state index < -0.39 is 0 Å². The van der Waals surface area contributed by atoms with Gasteiger partial charge in [0.1, 0.15) is 0 Å². The molecule has 1 amide bonds. The topological polar surface area (TPSA) is 58.1 Å². The number of carbonyl (C=O) groups excluding carboxylic acids is 1. The number of likely N-dealkylation sites (tertiary alicyclic amines) is 1. The molecule has 0 aromatic carbocycles. The molecule has 1 N–H and O–H groups in total. The predicted octanol–water partition coefficient (Wildman–Crippen LogP) is 2.97. The highest BCUT2D eigenvalue weighted by molar-refractivity contribution is 7.15. The minimum absolute atomic E-state index is 0.0265. The molecule has 0 unspecified atom stereocenters. The first-order valence-electron chi connectivity index (χ1n) is 7.98. The fourth-order valence-electron chi connectivity index (χ4n) is 2.93. The summed E-state index contributed by atoms with van der Waals surface area (Å²) in [5.74, 6) is 0.589. The van der Waals surface area contributed by atoms with Crippen molar-refractivity contribution in [1.29, 1.82) is 0 Å². The Labute approximate surface area is 140 Å². The molecule has 0 radical (unpaired) electrons. The van der Waals surface area contributed by atoms with Crippen molar-refractivity contribution in [2.24, 2.45) is 0 Å². The molecule has 23 heavy (non-hydrogen) atoms. The third-order valence-electron chi connectivity index (χ3n) is 4.39. The van der Waals surface area contributed by atoms with E-state index in [-0.39, 0.29) is 5.91 Å². The monoisotopic (exact) mass is 330 g/mol. The summed E-state index contributed by atoms with van der Waals surface area (Å²) in [5.41, 5.74) is 2.30. The number of amides is 1. The third kappa shape index (κ3) is 4.14. The molecule has 0 saturated carbocycles. The van der Waals surface area contributed by atoms with Crippen molar-refractivity contribution < 1.29 is 4.79 Å². The Hall–Kier alpha value is -1.79. The van der Waals surface area contributed by atoms with Gasteiger partial charge in [-0.25, -0.2) is 4.98 Å². The number of aromatic nitrogens is 2. The van der Waals surface area contributed by atoms with E-state index in [1.807, 2.05) is 32.3 Å². The molecule has 3 heterocycles. The molecule has 122 valence electrons. The average Bonchev–Trinajstić information content (AvgIpc) is 2.86. The molecular formula is C17H22N4OS. The lowest BCUT2D eigenvalue weighted by Gasteiger charge is -2.31. The Morgan fingerprint density at radius 2 is 2.17 bits per heavy atom. The van der Waals surface area contributed by atoms with Crippen LogP contribution in [0.25, 0.3) is 0 Å². The van der Waals surface area contributed by atoms with Gasteiger partial charge in [-0.3, -0.25) is 14.7 Å². The molecule has 0 spiro atoms. The van der Waals surface area contributed by atoms with Crippen molar-refractivity contribution in [1.82, 2.24) is 14.9 Å². The lowest BCUT2D eigenvalue weighted by Crippen LogP contribution is -2.38. The van der Waals surface area contributed by atoms with Crippen molar-refractivity contribution in [3.8, 4) is 0 Å². The number of thiazole rings is 1. The second kappa shape index (κ2) is 7.19. The van der Waals surface area contributed by atoms with Crippen LogP contribution in [0, 0.1) is 13.8 Å². The number of hydrogen-bond donors (Lipinski definition) is 1. The first-order chi connectivity index (χ1) is 11.1. The van der Waals surface area contributed by atoms with Crippen LogP contribution >= 0.6 is 11.3 Å². The Morgan fingerprint density at radius 3 is 2.78 bits per heavy atom. The number of nitrogens with zero attached hydrogens (tertiary/aromatic N) is 3. The molecule has 1 aliphatic heterocycles. The molecule has 5 nitrogen and oxygen atoms in total. The second-order valence-corrected chi connectivity index (χ2v) is 7.25. The lowest BCUT2D eigenvalue weighted by atomic mass is 9.90. The SMILES string of the molecule is Cc1nc(NC(=O)CN2CCC(c3cccnc3)CC2)sc1C. The molecule has 1 saturated heterocycles. The zero-order valence-electron chi connectivity index (χ0n) is 13.6. The minimum Gasteiger partial charge on any atom is -0.301 e. The normalized spacial score (nSPS) is 16.4. The Bertz CT molecular complexity index is 643. The minimum atomic E-state index is 0.0265. The van der Waals surface area contributed by atoms with Gasteiger partial charge in [-0.1, -0.05) is 6.07 Å². The number of carbonyl (C=O) groups is 1. The van der Waals surface area contributed by atoms with Crippen LogP contribution in [0.4, 0.5) is 5.13 Å². The van der Waals surface area contributed by atoms with Gasteiger partial charge in [0.2, 0.25) is 5.91 Å². The van der Waals surface area contributed by atoms with E-state index in [1.165, 1.54) is 16.9 Å². The van der Waals surface area contributed by atoms with Gasteiger partial charge >= 0.3 is 0 Å². The van der Waals surface area contributed by atoms with E-state index in [0.717, 1.165) is 36.5 Å². The summed E-state index contributed by atoms with van der Waals surface area (Å²) in [6.07, 6.45) is 5.92. The molecule has 3 rings (SSSR count). The van der Waals surface area contributed by atoms with Crippen LogP contribution in [0.2, 0.25) is 0 Å². The van der Waals surface area contributed by atoms with Crippen LogP contribution in [-0.4, -0.2) is 40.4 Å². The van der Waals surface area contributed by atoms with Gasteiger partial charge in [0.15, 0.2) is 5.13 Å². The smallest absolute Gasteiger partial charge is 0.240 e. The van der Waals surface area contributed by atoms with Gasteiger partial charge in [-0.2, -0.15) is 0 Å². The number of piperidine rings is 1.